The molecule has 2 amide bonds. The molecule has 9 nitrogen and oxygen atoms in total. The summed E-state index contributed by atoms with van der Waals surface area (Å²) >= 11 is 0. The van der Waals surface area contributed by atoms with Crippen LogP contribution in [0.3, 0.4) is 0 Å². The van der Waals surface area contributed by atoms with Gasteiger partial charge in [0.25, 0.3) is 10.0 Å². The standard InChI is InChI=1S/C44H40N2O7S/c1-30-21-24-36(25-22-30)54(49,50)46-41(42(43(47)51-3)45(44(46)48)31(2)37-20-12-18-34-17-10-11-19-38(34)37)35-23-26-39(52-28-32-13-6-4-7-14-32)40(27-35)53-29-33-15-8-5-9-16-33/h4-27,31,41-42H,28-29H2,1-3H3. The van der Waals surface area contributed by atoms with E-state index >= 15 is 0 Å². The minimum atomic E-state index is -4.53. The number of urea groups is 1. The van der Waals surface area contributed by atoms with Gasteiger partial charge >= 0.3 is 12.0 Å². The fraction of sp³-hybridized carbons (Fsp3) is 0.182. The maximum atomic E-state index is 14.9. The number of rotatable bonds is 12. The number of ether oxygens (including phenoxy) is 3. The molecule has 6 aromatic rings. The number of nitrogens with zero attached hydrogens (tertiary/aromatic N) is 2. The molecule has 1 fully saturated rings. The summed E-state index contributed by atoms with van der Waals surface area (Å²) in [5.74, 6) is -0.0406. The summed E-state index contributed by atoms with van der Waals surface area (Å²) in [7, 11) is -3.30. The molecule has 0 saturated carbocycles. The molecule has 1 aliphatic heterocycles. The lowest BCUT2D eigenvalue weighted by Gasteiger charge is -2.30. The first-order valence-electron chi connectivity index (χ1n) is 17.6. The van der Waals surface area contributed by atoms with Gasteiger partial charge in [-0.05, 0) is 71.1 Å². The molecule has 0 N–H and O–H groups in total. The topological polar surface area (TPSA) is 102 Å². The van der Waals surface area contributed by atoms with E-state index in [-0.39, 0.29) is 18.1 Å². The molecule has 1 heterocycles. The van der Waals surface area contributed by atoms with Gasteiger partial charge in [-0.15, -0.1) is 0 Å². The minimum Gasteiger partial charge on any atom is -0.485 e. The van der Waals surface area contributed by atoms with Crippen molar-refractivity contribution < 1.29 is 32.2 Å². The van der Waals surface area contributed by atoms with Crippen molar-refractivity contribution in [2.24, 2.45) is 0 Å². The molecule has 7 rings (SSSR count). The van der Waals surface area contributed by atoms with Gasteiger partial charge in [0.15, 0.2) is 17.5 Å². The van der Waals surface area contributed by atoms with Crippen molar-refractivity contribution in [3.63, 3.8) is 0 Å². The van der Waals surface area contributed by atoms with Crippen LogP contribution in [0.1, 0.15) is 46.8 Å². The number of methoxy groups -OCH3 is 1. The molecule has 3 unspecified atom stereocenters. The van der Waals surface area contributed by atoms with Crippen LogP contribution < -0.4 is 9.47 Å². The average Bonchev–Trinajstić information content (AvgIpc) is 3.52. The van der Waals surface area contributed by atoms with E-state index < -0.39 is 40.1 Å². The van der Waals surface area contributed by atoms with Gasteiger partial charge in [0.2, 0.25) is 0 Å². The number of aryl methyl sites for hydroxylation is 1. The Morgan fingerprint density at radius 1 is 0.722 bits per heavy atom. The molecule has 0 radical (unpaired) electrons. The van der Waals surface area contributed by atoms with E-state index in [0.717, 1.165) is 37.3 Å². The summed E-state index contributed by atoms with van der Waals surface area (Å²) in [6.45, 7) is 4.08. The predicted octanol–water partition coefficient (Wildman–Crippen LogP) is 8.78. The van der Waals surface area contributed by atoms with Crippen LogP contribution >= 0.6 is 0 Å². The van der Waals surface area contributed by atoms with Crippen LogP contribution in [-0.4, -0.2) is 42.8 Å². The van der Waals surface area contributed by atoms with Gasteiger partial charge in [-0.1, -0.05) is 127 Å². The number of hydrogen-bond donors (Lipinski definition) is 0. The molecule has 0 bridgehead atoms. The summed E-state index contributed by atoms with van der Waals surface area (Å²) in [4.78, 5) is 30.2. The van der Waals surface area contributed by atoms with Gasteiger partial charge < -0.3 is 19.1 Å². The Bertz CT molecular complexity index is 2380. The van der Waals surface area contributed by atoms with Gasteiger partial charge in [-0.2, -0.15) is 0 Å². The SMILES string of the molecule is COC(=O)C1C(c2ccc(OCc3ccccc3)c(OCc3ccccc3)c2)N(S(=O)(=O)c2ccc(C)cc2)C(=O)N1C(C)c1cccc2ccccc12. The molecule has 0 aromatic heterocycles. The highest BCUT2D eigenvalue weighted by molar-refractivity contribution is 7.89. The zero-order valence-electron chi connectivity index (χ0n) is 30.2. The van der Waals surface area contributed by atoms with Crippen LogP contribution in [0.2, 0.25) is 0 Å². The summed E-state index contributed by atoms with van der Waals surface area (Å²) < 4.78 is 48.2. The van der Waals surface area contributed by atoms with Gasteiger partial charge in [0, 0.05) is 0 Å². The van der Waals surface area contributed by atoms with Crippen LogP contribution in [0.25, 0.3) is 10.8 Å². The Labute approximate surface area is 315 Å². The first kappa shape index (κ1) is 36.2. The van der Waals surface area contributed by atoms with Crippen LogP contribution in [0.15, 0.2) is 150 Å². The monoisotopic (exact) mass is 740 g/mol. The van der Waals surface area contributed by atoms with Crippen molar-refractivity contribution in [3.05, 3.63) is 173 Å². The first-order chi connectivity index (χ1) is 26.2. The van der Waals surface area contributed by atoms with Crippen molar-refractivity contribution in [3.8, 4) is 11.5 Å². The van der Waals surface area contributed by atoms with E-state index in [1.54, 1.807) is 37.3 Å². The van der Waals surface area contributed by atoms with Gasteiger partial charge in [-0.3, -0.25) is 0 Å². The zero-order chi connectivity index (χ0) is 37.8. The predicted molar refractivity (Wildman–Crippen MR) is 206 cm³/mol. The fourth-order valence-electron chi connectivity index (χ4n) is 6.97. The van der Waals surface area contributed by atoms with E-state index in [4.69, 9.17) is 14.2 Å². The lowest BCUT2D eigenvalue weighted by Crippen LogP contribution is -2.42. The van der Waals surface area contributed by atoms with Crippen LogP contribution in [-0.2, 0) is 32.8 Å². The maximum absolute atomic E-state index is 14.9. The second-order valence-corrected chi connectivity index (χ2v) is 15.0. The Morgan fingerprint density at radius 3 is 1.96 bits per heavy atom. The van der Waals surface area contributed by atoms with Crippen molar-refractivity contribution in [2.75, 3.05) is 7.11 Å². The summed E-state index contributed by atoms with van der Waals surface area (Å²) in [6.07, 6.45) is 0. The lowest BCUT2D eigenvalue weighted by molar-refractivity contribution is -0.146. The second kappa shape index (κ2) is 15.5. The number of esters is 1. The Balaban J connectivity index is 1.38. The second-order valence-electron chi connectivity index (χ2n) is 13.2. The normalized spacial score (nSPS) is 16.3. The Kier molecular flexibility index (Phi) is 10.4. The quantitative estimate of drug-likeness (QED) is 0.116. The third-order valence-corrected chi connectivity index (χ3v) is 11.5. The number of sulfonamides is 1. The number of carbonyl (C=O) groups excluding carboxylic acids is 2. The highest BCUT2D eigenvalue weighted by Crippen LogP contribution is 2.46. The van der Waals surface area contributed by atoms with Crippen LogP contribution in [0.4, 0.5) is 4.79 Å². The third-order valence-electron chi connectivity index (χ3n) is 9.76. The van der Waals surface area contributed by atoms with E-state index in [1.165, 1.54) is 24.1 Å². The number of benzene rings is 6. The minimum absolute atomic E-state index is 0.0851. The molecule has 274 valence electrons. The largest absolute Gasteiger partial charge is 0.485 e. The average molecular weight is 741 g/mol. The van der Waals surface area contributed by atoms with Gasteiger partial charge in [-0.25, -0.2) is 22.3 Å². The number of carbonyl (C=O) groups is 2. The van der Waals surface area contributed by atoms with E-state index in [0.29, 0.717) is 17.1 Å². The van der Waals surface area contributed by atoms with E-state index in [2.05, 4.69) is 0 Å². The van der Waals surface area contributed by atoms with Crippen molar-refractivity contribution >= 4 is 32.8 Å². The van der Waals surface area contributed by atoms with Crippen LogP contribution in [0, 0.1) is 6.92 Å². The van der Waals surface area contributed by atoms with Crippen LogP contribution in [0.5, 0.6) is 11.5 Å². The van der Waals surface area contributed by atoms with E-state index in [9.17, 15) is 18.0 Å². The molecule has 54 heavy (non-hydrogen) atoms. The molecule has 6 aromatic carbocycles. The molecule has 10 heteroatoms. The highest BCUT2D eigenvalue weighted by Gasteiger charge is 2.57. The van der Waals surface area contributed by atoms with Crippen molar-refractivity contribution in [1.29, 1.82) is 0 Å². The fourth-order valence-corrected chi connectivity index (χ4v) is 8.51. The summed E-state index contributed by atoms with van der Waals surface area (Å²) in [5.41, 5.74) is 3.79. The van der Waals surface area contributed by atoms with Gasteiger partial charge in [0.1, 0.15) is 19.3 Å². The molecular weight excluding hydrogens is 701 g/mol. The molecule has 0 aliphatic carbocycles. The molecule has 3 atom stereocenters. The zero-order valence-corrected chi connectivity index (χ0v) is 31.0. The first-order valence-corrected chi connectivity index (χ1v) is 19.1. The number of fused-ring (bicyclic) bond motifs is 1. The number of hydrogen-bond acceptors (Lipinski definition) is 7. The number of amides is 2. The smallest absolute Gasteiger partial charge is 0.335 e. The molecule has 1 saturated heterocycles. The highest BCUT2D eigenvalue weighted by atomic mass is 32.2. The molecular formula is C44H40N2O7S. The summed E-state index contributed by atoms with van der Waals surface area (Å²) in [5, 5.41) is 1.81. The Morgan fingerprint density at radius 2 is 1.31 bits per heavy atom. The van der Waals surface area contributed by atoms with Gasteiger partial charge in [0.05, 0.1) is 18.0 Å². The molecule has 1 aliphatic rings. The Hall–Kier alpha value is -6.13. The summed E-state index contributed by atoms with van der Waals surface area (Å²) in [6, 6.07) is 39.7. The molecule has 0 spiro atoms. The van der Waals surface area contributed by atoms with E-state index in [1.807, 2.05) is 110 Å². The van der Waals surface area contributed by atoms with Crippen molar-refractivity contribution in [2.45, 2.75) is 50.1 Å². The maximum Gasteiger partial charge on any atom is 0.335 e. The van der Waals surface area contributed by atoms with Crippen molar-refractivity contribution in [1.82, 2.24) is 9.21 Å². The third kappa shape index (κ3) is 7.12. The lowest BCUT2D eigenvalue weighted by atomic mass is 9.95.